The van der Waals surface area contributed by atoms with Gasteiger partial charge in [0, 0.05) is 6.54 Å². The lowest BCUT2D eigenvalue weighted by atomic mass is 10.2. The number of phenols is 1. The van der Waals surface area contributed by atoms with Crippen molar-refractivity contribution in [3.8, 4) is 5.75 Å². The lowest BCUT2D eigenvalue weighted by Gasteiger charge is -2.04. The summed E-state index contributed by atoms with van der Waals surface area (Å²) >= 11 is 5.68. The fraction of sp³-hybridized carbons (Fsp3) is 0.0833. The molecule has 2 aromatic rings. The number of hydrogen-bond donors (Lipinski definition) is 2. The number of phenolic OH excluding ortho intramolecular Hbond substituents is 1. The van der Waals surface area contributed by atoms with Crippen LogP contribution in [0.1, 0.15) is 15.9 Å². The minimum Gasteiger partial charge on any atom is -0.508 e. The second-order valence-corrected chi connectivity index (χ2v) is 3.80. The summed E-state index contributed by atoms with van der Waals surface area (Å²) in [4.78, 5) is 11.7. The standard InChI is InChI=1S/C12H10ClNO3/c13-11-10(5-6-17-11)12(16)14-7-8-1-3-9(15)4-2-8/h1-6,15H,7H2,(H,14,16). The van der Waals surface area contributed by atoms with Crippen LogP contribution in [0.3, 0.4) is 0 Å². The van der Waals surface area contributed by atoms with Crippen molar-refractivity contribution in [2.75, 3.05) is 0 Å². The fourth-order valence-corrected chi connectivity index (χ4v) is 1.55. The minimum atomic E-state index is -0.295. The van der Waals surface area contributed by atoms with E-state index in [9.17, 15) is 4.79 Å². The minimum absolute atomic E-state index is 0.0770. The highest BCUT2D eigenvalue weighted by Crippen LogP contribution is 2.16. The third-order valence-corrected chi connectivity index (χ3v) is 2.54. The zero-order chi connectivity index (χ0) is 12.3. The zero-order valence-corrected chi connectivity index (χ0v) is 9.57. The lowest BCUT2D eigenvalue weighted by molar-refractivity contribution is 0.0950. The van der Waals surface area contributed by atoms with Gasteiger partial charge in [0.25, 0.3) is 5.91 Å². The summed E-state index contributed by atoms with van der Waals surface area (Å²) < 4.78 is 4.82. The molecule has 0 radical (unpaired) electrons. The summed E-state index contributed by atoms with van der Waals surface area (Å²) in [6.45, 7) is 0.362. The first-order chi connectivity index (χ1) is 8.16. The van der Waals surface area contributed by atoms with Crippen LogP contribution in [0.2, 0.25) is 5.22 Å². The number of nitrogens with one attached hydrogen (secondary N) is 1. The molecule has 1 aromatic heterocycles. The molecule has 2 N–H and O–H groups in total. The van der Waals surface area contributed by atoms with E-state index in [0.717, 1.165) is 5.56 Å². The van der Waals surface area contributed by atoms with Crippen molar-refractivity contribution in [2.45, 2.75) is 6.54 Å². The van der Waals surface area contributed by atoms with Gasteiger partial charge in [0.15, 0.2) is 0 Å². The van der Waals surface area contributed by atoms with E-state index in [-0.39, 0.29) is 16.9 Å². The van der Waals surface area contributed by atoms with Crippen LogP contribution in [0.15, 0.2) is 41.0 Å². The van der Waals surface area contributed by atoms with Gasteiger partial charge in [-0.3, -0.25) is 4.79 Å². The van der Waals surface area contributed by atoms with Crippen LogP contribution < -0.4 is 5.32 Å². The van der Waals surface area contributed by atoms with Crippen molar-refractivity contribution in [3.05, 3.63) is 52.9 Å². The topological polar surface area (TPSA) is 62.5 Å². The Balaban J connectivity index is 1.97. The van der Waals surface area contributed by atoms with Crippen LogP contribution in [0.25, 0.3) is 0 Å². The molecule has 2 rings (SSSR count). The molecular weight excluding hydrogens is 242 g/mol. The molecule has 17 heavy (non-hydrogen) atoms. The maximum absolute atomic E-state index is 11.7. The predicted molar refractivity (Wildman–Crippen MR) is 63.0 cm³/mol. The Hall–Kier alpha value is -1.94. The third kappa shape index (κ3) is 2.79. The van der Waals surface area contributed by atoms with Gasteiger partial charge < -0.3 is 14.8 Å². The van der Waals surface area contributed by atoms with E-state index in [2.05, 4.69) is 5.32 Å². The van der Waals surface area contributed by atoms with Gasteiger partial charge in [0.1, 0.15) is 5.75 Å². The van der Waals surface area contributed by atoms with E-state index in [0.29, 0.717) is 12.1 Å². The lowest BCUT2D eigenvalue weighted by Crippen LogP contribution is -2.22. The van der Waals surface area contributed by atoms with Crippen molar-refractivity contribution in [2.24, 2.45) is 0 Å². The molecule has 4 nitrogen and oxygen atoms in total. The second kappa shape index (κ2) is 4.93. The van der Waals surface area contributed by atoms with E-state index < -0.39 is 0 Å². The Labute approximate surface area is 103 Å². The van der Waals surface area contributed by atoms with Gasteiger partial charge in [0.2, 0.25) is 5.22 Å². The van der Waals surface area contributed by atoms with Crippen LogP contribution in [0, 0.1) is 0 Å². The van der Waals surface area contributed by atoms with E-state index in [4.69, 9.17) is 21.1 Å². The summed E-state index contributed by atoms with van der Waals surface area (Å²) in [5.74, 6) is -0.102. The zero-order valence-electron chi connectivity index (χ0n) is 8.81. The van der Waals surface area contributed by atoms with E-state index >= 15 is 0 Å². The molecular formula is C12H10ClNO3. The van der Waals surface area contributed by atoms with Crippen molar-refractivity contribution < 1.29 is 14.3 Å². The van der Waals surface area contributed by atoms with Crippen LogP contribution >= 0.6 is 11.6 Å². The largest absolute Gasteiger partial charge is 0.508 e. The molecule has 0 spiro atoms. The molecule has 0 bridgehead atoms. The van der Waals surface area contributed by atoms with E-state index in [1.165, 1.54) is 12.3 Å². The van der Waals surface area contributed by atoms with Gasteiger partial charge in [-0.1, -0.05) is 12.1 Å². The molecule has 0 unspecified atom stereocenters. The monoisotopic (exact) mass is 251 g/mol. The van der Waals surface area contributed by atoms with Crippen molar-refractivity contribution in [3.63, 3.8) is 0 Å². The molecule has 0 aliphatic carbocycles. The highest BCUT2D eigenvalue weighted by molar-refractivity contribution is 6.32. The van der Waals surface area contributed by atoms with Gasteiger partial charge in [-0.25, -0.2) is 0 Å². The summed E-state index contributed by atoms with van der Waals surface area (Å²) in [5, 5.41) is 11.9. The SMILES string of the molecule is O=C(NCc1ccc(O)cc1)c1ccoc1Cl. The summed E-state index contributed by atoms with van der Waals surface area (Å²) in [6.07, 6.45) is 1.36. The smallest absolute Gasteiger partial charge is 0.256 e. The highest BCUT2D eigenvalue weighted by Gasteiger charge is 2.12. The Kier molecular flexibility index (Phi) is 3.35. The number of furan rings is 1. The molecule has 0 fully saturated rings. The van der Waals surface area contributed by atoms with Crippen molar-refractivity contribution >= 4 is 17.5 Å². The summed E-state index contributed by atoms with van der Waals surface area (Å²) in [5.41, 5.74) is 1.20. The normalized spacial score (nSPS) is 10.2. The molecule has 5 heteroatoms. The van der Waals surface area contributed by atoms with Gasteiger partial charge >= 0.3 is 0 Å². The number of amides is 1. The summed E-state index contributed by atoms with van der Waals surface area (Å²) in [6, 6.07) is 8.09. The predicted octanol–water partition coefficient (Wildman–Crippen LogP) is 2.57. The molecule has 0 saturated carbocycles. The van der Waals surface area contributed by atoms with E-state index in [1.54, 1.807) is 24.3 Å². The number of aromatic hydroxyl groups is 1. The molecule has 88 valence electrons. The summed E-state index contributed by atoms with van der Waals surface area (Å²) in [7, 11) is 0. The molecule has 0 atom stereocenters. The van der Waals surface area contributed by atoms with Crippen LogP contribution in [-0.2, 0) is 6.54 Å². The fourth-order valence-electron chi connectivity index (χ4n) is 1.35. The number of rotatable bonds is 3. The van der Waals surface area contributed by atoms with Crippen LogP contribution in [0.5, 0.6) is 5.75 Å². The molecule has 1 amide bonds. The Morgan fingerprint density at radius 3 is 2.59 bits per heavy atom. The second-order valence-electron chi connectivity index (χ2n) is 3.46. The third-order valence-electron chi connectivity index (χ3n) is 2.25. The first-order valence-electron chi connectivity index (χ1n) is 4.96. The first kappa shape index (κ1) is 11.5. The molecule has 0 aliphatic heterocycles. The van der Waals surface area contributed by atoms with Crippen LogP contribution in [0.4, 0.5) is 0 Å². The highest BCUT2D eigenvalue weighted by atomic mass is 35.5. The molecule has 1 aromatic carbocycles. The number of carbonyl (C=O) groups excluding carboxylic acids is 1. The van der Waals surface area contributed by atoms with Gasteiger partial charge in [-0.15, -0.1) is 0 Å². The molecule has 0 aliphatic rings. The first-order valence-corrected chi connectivity index (χ1v) is 5.33. The number of benzene rings is 1. The maximum atomic E-state index is 11.7. The Morgan fingerprint density at radius 1 is 1.29 bits per heavy atom. The number of carbonyl (C=O) groups is 1. The van der Waals surface area contributed by atoms with Crippen molar-refractivity contribution in [1.29, 1.82) is 0 Å². The Morgan fingerprint density at radius 2 is 2.00 bits per heavy atom. The number of hydrogen-bond acceptors (Lipinski definition) is 3. The average Bonchev–Trinajstić information content (AvgIpc) is 2.74. The quantitative estimate of drug-likeness (QED) is 0.881. The molecule has 0 saturated heterocycles. The van der Waals surface area contributed by atoms with Crippen LogP contribution in [-0.4, -0.2) is 11.0 Å². The Bertz CT molecular complexity index is 519. The van der Waals surface area contributed by atoms with Crippen molar-refractivity contribution in [1.82, 2.24) is 5.32 Å². The molecule has 1 heterocycles. The van der Waals surface area contributed by atoms with Gasteiger partial charge in [-0.05, 0) is 35.4 Å². The average molecular weight is 252 g/mol. The number of halogens is 1. The maximum Gasteiger partial charge on any atom is 0.256 e. The van der Waals surface area contributed by atoms with Gasteiger partial charge in [-0.2, -0.15) is 0 Å². The van der Waals surface area contributed by atoms with E-state index in [1.807, 2.05) is 0 Å². The van der Waals surface area contributed by atoms with Gasteiger partial charge in [0.05, 0.1) is 11.8 Å².